The molecule has 13 nitrogen and oxygen atoms in total. The molecule has 1 aromatic carbocycles. The van der Waals surface area contributed by atoms with Crippen molar-refractivity contribution in [1.29, 1.82) is 0 Å². The number of carbonyl (C=O) groups is 3. The first kappa shape index (κ1) is 33.1. The van der Waals surface area contributed by atoms with Crippen molar-refractivity contribution in [3.63, 3.8) is 0 Å². The number of ether oxygens (including phenoxy) is 2. The second-order valence-electron chi connectivity index (χ2n) is 7.96. The summed E-state index contributed by atoms with van der Waals surface area (Å²) >= 11 is 0. The van der Waals surface area contributed by atoms with Crippen molar-refractivity contribution in [2.24, 2.45) is 0 Å². The SMILES string of the molecule is Nc1nc(N)c(C(CCc2ccc(C(=O)N[C@@H](CCC(=O)[O-])C(=O)[O-])cc2)C2OCCO2)c(=O)[nH]1.[Na+].[Na+]. The van der Waals surface area contributed by atoms with Crippen molar-refractivity contribution < 1.29 is 93.2 Å². The fourth-order valence-electron chi connectivity index (χ4n) is 3.80. The summed E-state index contributed by atoms with van der Waals surface area (Å²) in [6.07, 6.45) is -0.707. The minimum Gasteiger partial charge on any atom is -0.550 e. The molecule has 1 saturated heterocycles. The predicted octanol–water partition coefficient (Wildman–Crippen LogP) is -8.59. The zero-order valence-corrected chi connectivity index (χ0v) is 24.7. The maximum absolute atomic E-state index is 12.5. The maximum atomic E-state index is 12.5. The van der Waals surface area contributed by atoms with Crippen LogP contribution in [0.25, 0.3) is 0 Å². The molecule has 1 fully saturated rings. The number of carboxylic acid groups (broad SMARTS) is 2. The minimum absolute atomic E-state index is 0. The van der Waals surface area contributed by atoms with Crippen LogP contribution in [0, 0.1) is 0 Å². The first-order chi connectivity index (χ1) is 16.7. The Morgan fingerprint density at radius 2 is 1.70 bits per heavy atom. The van der Waals surface area contributed by atoms with E-state index in [1.165, 1.54) is 12.1 Å². The number of benzene rings is 1. The number of aromatic nitrogens is 2. The predicted molar refractivity (Wildman–Crippen MR) is 117 cm³/mol. The Kier molecular flexibility index (Phi) is 13.8. The molecular weight excluding hydrogens is 508 g/mol. The molecule has 0 bridgehead atoms. The Bertz CT molecular complexity index is 1140. The number of amides is 1. The molecule has 3 rings (SSSR count). The van der Waals surface area contributed by atoms with E-state index in [4.69, 9.17) is 20.9 Å². The number of nitrogens with two attached hydrogens (primary N) is 2. The first-order valence-corrected chi connectivity index (χ1v) is 10.8. The standard InChI is InChI=1S/C22H27N5O8.2Na/c23-17-16(19(31)27-22(24)26-17)13(21-34-9-10-35-21)6-3-11-1-4-12(5-2-11)18(30)25-14(20(32)33)7-8-15(28)29;;/h1-2,4-5,13-14,21H,3,6-10H2,(H,25,30)(H,28,29)(H,32,33)(H5,23,24,26,27,31);;/q;2*+1/p-2/t13?,14-;;/m0../s1. The van der Waals surface area contributed by atoms with Gasteiger partial charge < -0.3 is 46.1 Å². The van der Waals surface area contributed by atoms with Gasteiger partial charge in [0.05, 0.1) is 30.8 Å². The van der Waals surface area contributed by atoms with Crippen molar-refractivity contribution >= 4 is 29.6 Å². The molecule has 2 heterocycles. The van der Waals surface area contributed by atoms with Crippen LogP contribution in [0.5, 0.6) is 0 Å². The topological polar surface area (TPSA) is 226 Å². The molecule has 1 aliphatic heterocycles. The molecule has 188 valence electrons. The largest absolute Gasteiger partial charge is 1.00 e. The quantitative estimate of drug-likeness (QED) is 0.198. The number of rotatable bonds is 11. The van der Waals surface area contributed by atoms with E-state index in [1.807, 2.05) is 0 Å². The fourth-order valence-corrected chi connectivity index (χ4v) is 3.80. The summed E-state index contributed by atoms with van der Waals surface area (Å²) in [5.41, 5.74) is 12.2. The summed E-state index contributed by atoms with van der Waals surface area (Å²) < 4.78 is 11.2. The number of aromatic amines is 1. The van der Waals surface area contributed by atoms with Crippen LogP contribution in [-0.2, 0) is 25.5 Å². The average molecular weight is 533 g/mol. The molecule has 1 amide bonds. The molecule has 37 heavy (non-hydrogen) atoms. The maximum Gasteiger partial charge on any atom is 1.00 e. The van der Waals surface area contributed by atoms with Gasteiger partial charge in [0.25, 0.3) is 11.5 Å². The second-order valence-corrected chi connectivity index (χ2v) is 7.96. The van der Waals surface area contributed by atoms with Crippen molar-refractivity contribution in [3.8, 4) is 0 Å². The van der Waals surface area contributed by atoms with Gasteiger partial charge in [0.15, 0.2) is 6.29 Å². The first-order valence-electron chi connectivity index (χ1n) is 10.8. The van der Waals surface area contributed by atoms with Crippen LogP contribution in [0.1, 0.15) is 46.7 Å². The summed E-state index contributed by atoms with van der Waals surface area (Å²) in [5, 5.41) is 24.0. The van der Waals surface area contributed by atoms with Crippen LogP contribution in [-0.4, -0.2) is 53.4 Å². The molecule has 0 spiro atoms. The number of nitrogens with zero attached hydrogens (tertiary/aromatic N) is 1. The van der Waals surface area contributed by atoms with E-state index in [1.54, 1.807) is 12.1 Å². The van der Waals surface area contributed by atoms with Gasteiger partial charge in [0, 0.05) is 17.5 Å². The van der Waals surface area contributed by atoms with Crippen molar-refractivity contribution in [2.45, 2.75) is 43.9 Å². The number of H-pyrrole nitrogens is 1. The number of aliphatic carboxylic acids is 2. The average Bonchev–Trinajstić information content (AvgIpc) is 3.32. The number of aryl methyl sites for hydroxylation is 1. The van der Waals surface area contributed by atoms with Gasteiger partial charge in [-0.2, -0.15) is 4.98 Å². The molecule has 1 aliphatic rings. The molecule has 2 aromatic rings. The van der Waals surface area contributed by atoms with Crippen LogP contribution in [0.2, 0.25) is 0 Å². The third-order valence-corrected chi connectivity index (χ3v) is 5.54. The number of carboxylic acids is 2. The molecule has 2 atom stereocenters. The van der Waals surface area contributed by atoms with Crippen LogP contribution in [0.3, 0.4) is 0 Å². The van der Waals surface area contributed by atoms with E-state index in [0.29, 0.717) is 26.1 Å². The summed E-state index contributed by atoms with van der Waals surface area (Å²) in [5.74, 6) is -4.35. The number of hydrogen-bond donors (Lipinski definition) is 4. The Hall–Kier alpha value is -1.97. The van der Waals surface area contributed by atoms with Gasteiger partial charge in [-0.05, 0) is 43.4 Å². The molecule has 1 aromatic heterocycles. The Labute approximate surface area is 256 Å². The molecular formula is C22H25N5Na2O8. The van der Waals surface area contributed by atoms with Gasteiger partial charge in [0.2, 0.25) is 5.95 Å². The third kappa shape index (κ3) is 9.37. The van der Waals surface area contributed by atoms with Crippen molar-refractivity contribution in [2.75, 3.05) is 24.7 Å². The molecule has 1 unspecified atom stereocenters. The van der Waals surface area contributed by atoms with E-state index in [-0.39, 0.29) is 88.4 Å². The number of anilines is 2. The van der Waals surface area contributed by atoms with Crippen molar-refractivity contribution in [1.82, 2.24) is 15.3 Å². The summed E-state index contributed by atoms with van der Waals surface area (Å²) in [6.45, 7) is 0.752. The van der Waals surface area contributed by atoms with E-state index in [2.05, 4.69) is 15.3 Å². The van der Waals surface area contributed by atoms with E-state index < -0.39 is 48.1 Å². The van der Waals surface area contributed by atoms with Gasteiger partial charge in [0.1, 0.15) is 5.82 Å². The number of nitrogen functional groups attached to an aromatic ring is 2. The number of nitrogens with one attached hydrogen (secondary N) is 2. The van der Waals surface area contributed by atoms with Crippen LogP contribution in [0.15, 0.2) is 29.1 Å². The molecule has 15 heteroatoms. The smallest absolute Gasteiger partial charge is 0.550 e. The minimum atomic E-state index is -1.59. The van der Waals surface area contributed by atoms with E-state index >= 15 is 0 Å². The second kappa shape index (κ2) is 15.4. The monoisotopic (exact) mass is 533 g/mol. The third-order valence-electron chi connectivity index (χ3n) is 5.54. The van der Waals surface area contributed by atoms with Gasteiger partial charge in [-0.3, -0.25) is 14.6 Å². The van der Waals surface area contributed by atoms with Gasteiger partial charge in [-0.15, -0.1) is 0 Å². The van der Waals surface area contributed by atoms with Gasteiger partial charge in [-0.25, -0.2) is 0 Å². The zero-order valence-electron chi connectivity index (χ0n) is 20.7. The summed E-state index contributed by atoms with van der Waals surface area (Å²) in [7, 11) is 0. The number of hydrogen-bond acceptors (Lipinski definition) is 11. The Morgan fingerprint density at radius 1 is 1.08 bits per heavy atom. The summed E-state index contributed by atoms with van der Waals surface area (Å²) in [4.78, 5) is 53.0. The Morgan fingerprint density at radius 3 is 2.24 bits per heavy atom. The number of carbonyl (C=O) groups excluding carboxylic acids is 3. The van der Waals surface area contributed by atoms with Crippen LogP contribution in [0.4, 0.5) is 11.8 Å². The van der Waals surface area contributed by atoms with Gasteiger partial charge >= 0.3 is 59.1 Å². The van der Waals surface area contributed by atoms with Crippen LogP contribution < -0.4 is 91.7 Å². The Balaban J connectivity index is 0.00000342. The fraction of sp³-hybridized carbons (Fsp3) is 0.409. The molecule has 0 radical (unpaired) electrons. The molecule has 6 N–H and O–H groups in total. The molecule has 0 saturated carbocycles. The van der Waals surface area contributed by atoms with E-state index in [9.17, 15) is 29.4 Å². The zero-order chi connectivity index (χ0) is 25.5. The normalized spacial score (nSPS) is 14.6. The molecule has 0 aliphatic carbocycles. The summed E-state index contributed by atoms with van der Waals surface area (Å²) in [6, 6.07) is 4.88. The van der Waals surface area contributed by atoms with Gasteiger partial charge in [-0.1, -0.05) is 12.1 Å². The van der Waals surface area contributed by atoms with Crippen LogP contribution >= 0.6 is 0 Å². The van der Waals surface area contributed by atoms with E-state index in [0.717, 1.165) is 5.56 Å². The van der Waals surface area contributed by atoms with Crippen molar-refractivity contribution in [3.05, 3.63) is 51.3 Å².